The van der Waals surface area contributed by atoms with Crippen LogP contribution in [0.3, 0.4) is 0 Å². The number of oxazole rings is 1. The van der Waals surface area contributed by atoms with Gasteiger partial charge in [-0.05, 0) is 32.5 Å². The quantitative estimate of drug-likeness (QED) is 0.303. The van der Waals surface area contributed by atoms with Crippen LogP contribution >= 0.6 is 0 Å². The molecule has 194 valence electrons. The van der Waals surface area contributed by atoms with Crippen molar-refractivity contribution in [2.24, 2.45) is 0 Å². The van der Waals surface area contributed by atoms with Crippen LogP contribution in [-0.4, -0.2) is 54.4 Å². The van der Waals surface area contributed by atoms with Crippen LogP contribution in [0, 0.1) is 6.92 Å². The smallest absolute Gasteiger partial charge is 0.417 e. The van der Waals surface area contributed by atoms with Crippen molar-refractivity contribution < 1.29 is 22.0 Å². The first-order valence-corrected chi connectivity index (χ1v) is 11.1. The maximum Gasteiger partial charge on any atom is 0.417 e. The molecule has 0 aromatic carbocycles. The zero-order valence-corrected chi connectivity index (χ0v) is 20.5. The van der Waals surface area contributed by atoms with Crippen LogP contribution in [0.2, 0.25) is 0 Å². The molecule has 0 atom stereocenters. The summed E-state index contributed by atoms with van der Waals surface area (Å²) in [5, 5.41) is 5.98. The number of halogens is 4. The van der Waals surface area contributed by atoms with Gasteiger partial charge in [0.15, 0.2) is 0 Å². The Morgan fingerprint density at radius 2 is 1.92 bits per heavy atom. The molecule has 0 saturated carbocycles. The van der Waals surface area contributed by atoms with E-state index in [1.54, 1.807) is 37.1 Å². The summed E-state index contributed by atoms with van der Waals surface area (Å²) in [6.45, 7) is 17.3. The fraction of sp³-hybridized carbons (Fsp3) is 0.308. The van der Waals surface area contributed by atoms with Crippen LogP contribution in [0.1, 0.15) is 34.6 Å². The molecule has 2 aromatic heterocycles. The Balaban J connectivity index is 2.31. The number of aromatic nitrogens is 2. The highest BCUT2D eigenvalue weighted by Crippen LogP contribution is 2.36. The molecule has 0 amide bonds. The van der Waals surface area contributed by atoms with Gasteiger partial charge in [0.05, 0.1) is 22.7 Å². The van der Waals surface area contributed by atoms with Gasteiger partial charge >= 0.3 is 6.18 Å². The summed E-state index contributed by atoms with van der Waals surface area (Å²) < 4.78 is 58.4. The third-order valence-corrected chi connectivity index (χ3v) is 5.10. The highest BCUT2D eigenvalue weighted by Gasteiger charge is 2.35. The van der Waals surface area contributed by atoms with Crippen molar-refractivity contribution in [2.45, 2.75) is 19.5 Å². The summed E-state index contributed by atoms with van der Waals surface area (Å²) in [6.07, 6.45) is 1.84. The Morgan fingerprint density at radius 1 is 1.19 bits per heavy atom. The van der Waals surface area contributed by atoms with Crippen LogP contribution < -0.4 is 10.6 Å². The van der Waals surface area contributed by atoms with E-state index in [9.17, 15) is 17.6 Å². The predicted octanol–water partition coefficient (Wildman–Crippen LogP) is 6.09. The number of hydrogen-bond acceptors (Lipinski definition) is 6. The van der Waals surface area contributed by atoms with E-state index in [0.717, 1.165) is 0 Å². The van der Waals surface area contributed by atoms with Gasteiger partial charge in [0.25, 0.3) is 6.01 Å². The number of nitrogens with zero attached hydrogens (tertiary/aromatic N) is 3. The lowest BCUT2D eigenvalue weighted by molar-refractivity contribution is -0.0689. The molecule has 0 spiro atoms. The number of anilines is 1. The standard InChI is InChI=1S/C26H31F4N5O/c1-7-22-23(20(5)32-17(2)10-13-35(6)14-11-27)15-21(34-24(22)19(4)26(28,29)30)9-8-12-31-25-33-18(3)16-36-25/h7-9,15-16,32H,1-2,4-5,10-14H2,3,6H3,(H,31,33)/b9-8+. The number of pyridine rings is 1. The van der Waals surface area contributed by atoms with E-state index in [1.165, 1.54) is 12.3 Å². The maximum absolute atomic E-state index is 13.6. The topological polar surface area (TPSA) is 66.2 Å². The second-order valence-corrected chi connectivity index (χ2v) is 8.06. The minimum Gasteiger partial charge on any atom is -0.432 e. The van der Waals surface area contributed by atoms with Crippen molar-refractivity contribution in [1.82, 2.24) is 20.2 Å². The maximum atomic E-state index is 13.6. The fourth-order valence-electron chi connectivity index (χ4n) is 3.17. The number of allylic oxidation sites excluding steroid dienone is 1. The van der Waals surface area contributed by atoms with Crippen molar-refractivity contribution in [2.75, 3.05) is 38.7 Å². The van der Waals surface area contributed by atoms with Crippen molar-refractivity contribution in [1.29, 1.82) is 0 Å². The van der Waals surface area contributed by atoms with Gasteiger partial charge in [0, 0.05) is 42.2 Å². The Kier molecular flexibility index (Phi) is 10.2. The van der Waals surface area contributed by atoms with E-state index >= 15 is 0 Å². The van der Waals surface area contributed by atoms with Gasteiger partial charge in [-0.15, -0.1) is 0 Å². The summed E-state index contributed by atoms with van der Waals surface area (Å²) in [6, 6.07) is 1.93. The van der Waals surface area contributed by atoms with Gasteiger partial charge in [-0.2, -0.15) is 18.2 Å². The summed E-state index contributed by atoms with van der Waals surface area (Å²) in [7, 11) is 1.78. The second kappa shape index (κ2) is 12.9. The van der Waals surface area contributed by atoms with E-state index in [0.29, 0.717) is 54.7 Å². The fourth-order valence-corrected chi connectivity index (χ4v) is 3.17. The van der Waals surface area contributed by atoms with Crippen LogP contribution in [0.5, 0.6) is 0 Å². The molecule has 2 aromatic rings. The molecular formula is C26H31F4N5O. The molecule has 0 aliphatic heterocycles. The first-order chi connectivity index (χ1) is 17.0. The van der Waals surface area contributed by atoms with Crippen LogP contribution in [0.15, 0.2) is 54.8 Å². The molecule has 2 rings (SSSR count). The first kappa shape index (κ1) is 28.6. The van der Waals surface area contributed by atoms with Gasteiger partial charge in [-0.3, -0.25) is 0 Å². The molecule has 2 N–H and O–H groups in total. The van der Waals surface area contributed by atoms with Crippen LogP contribution in [0.4, 0.5) is 23.6 Å². The third-order valence-electron chi connectivity index (χ3n) is 5.10. The Hall–Kier alpha value is -3.66. The lowest BCUT2D eigenvalue weighted by Crippen LogP contribution is -2.24. The predicted molar refractivity (Wildman–Crippen MR) is 138 cm³/mol. The van der Waals surface area contributed by atoms with Gasteiger partial charge in [-0.25, -0.2) is 9.37 Å². The van der Waals surface area contributed by atoms with Crippen LogP contribution in [-0.2, 0) is 0 Å². The lowest BCUT2D eigenvalue weighted by atomic mass is 9.98. The monoisotopic (exact) mass is 505 g/mol. The zero-order valence-electron chi connectivity index (χ0n) is 20.5. The minimum atomic E-state index is -4.69. The Morgan fingerprint density at radius 3 is 2.50 bits per heavy atom. The van der Waals surface area contributed by atoms with E-state index < -0.39 is 18.4 Å². The SMILES string of the molecule is C=Cc1c(C(=C)NC(=C)CCN(C)CCF)cc(/C=C/CNc2nc(C)co2)nc1C(=C)C(F)(F)F. The molecule has 2 heterocycles. The minimum absolute atomic E-state index is 0.141. The molecule has 0 unspecified atom stereocenters. The molecular weight excluding hydrogens is 474 g/mol. The van der Waals surface area contributed by atoms with E-state index in [1.807, 2.05) is 0 Å². The molecule has 0 aliphatic carbocycles. The van der Waals surface area contributed by atoms with Crippen molar-refractivity contribution in [3.8, 4) is 0 Å². The number of rotatable bonds is 14. The number of alkyl halides is 4. The lowest BCUT2D eigenvalue weighted by Gasteiger charge is -2.20. The summed E-state index contributed by atoms with van der Waals surface area (Å²) in [5.41, 5.74) is 0.949. The highest BCUT2D eigenvalue weighted by molar-refractivity contribution is 5.82. The normalized spacial score (nSPS) is 11.6. The Bertz CT molecular complexity index is 1130. The average Bonchev–Trinajstić information content (AvgIpc) is 3.23. The van der Waals surface area contributed by atoms with Gasteiger partial charge in [0.2, 0.25) is 0 Å². The largest absolute Gasteiger partial charge is 0.432 e. The van der Waals surface area contributed by atoms with Gasteiger partial charge in [0.1, 0.15) is 12.9 Å². The average molecular weight is 506 g/mol. The summed E-state index contributed by atoms with van der Waals surface area (Å²) in [4.78, 5) is 10.1. The summed E-state index contributed by atoms with van der Waals surface area (Å²) >= 11 is 0. The van der Waals surface area contributed by atoms with E-state index in [2.05, 4.69) is 46.9 Å². The van der Waals surface area contributed by atoms with Crippen LogP contribution in [0.25, 0.3) is 23.4 Å². The number of hydrogen-bond donors (Lipinski definition) is 2. The van der Waals surface area contributed by atoms with Gasteiger partial charge < -0.3 is 20.0 Å². The Labute approximate surface area is 208 Å². The molecule has 10 heteroatoms. The molecule has 6 nitrogen and oxygen atoms in total. The summed E-state index contributed by atoms with van der Waals surface area (Å²) in [5.74, 6) is 0. The molecule has 0 saturated heterocycles. The van der Waals surface area contributed by atoms with Crippen molar-refractivity contribution in [3.05, 3.63) is 78.6 Å². The van der Waals surface area contributed by atoms with E-state index in [-0.39, 0.29) is 17.0 Å². The first-order valence-electron chi connectivity index (χ1n) is 11.1. The van der Waals surface area contributed by atoms with Crippen molar-refractivity contribution in [3.63, 3.8) is 0 Å². The molecule has 36 heavy (non-hydrogen) atoms. The molecule has 0 fully saturated rings. The molecule has 0 radical (unpaired) electrons. The second-order valence-electron chi connectivity index (χ2n) is 8.06. The molecule has 0 aliphatic rings. The van der Waals surface area contributed by atoms with Crippen molar-refractivity contribution >= 4 is 29.4 Å². The van der Waals surface area contributed by atoms with Gasteiger partial charge in [-0.1, -0.05) is 38.5 Å². The third kappa shape index (κ3) is 8.23. The highest BCUT2D eigenvalue weighted by atomic mass is 19.4. The molecule has 0 bridgehead atoms. The number of aryl methyl sites for hydroxylation is 1. The number of nitrogens with one attached hydrogen (secondary N) is 2. The van der Waals surface area contributed by atoms with E-state index in [4.69, 9.17) is 4.42 Å². The zero-order chi connectivity index (χ0) is 26.9.